The zero-order chi connectivity index (χ0) is 28.9. The van der Waals surface area contributed by atoms with Crippen molar-refractivity contribution in [2.45, 2.75) is 50.7 Å². The molecule has 40 heavy (non-hydrogen) atoms. The standard InChI is InChI=1S/C30H35N3O6S/c1-22(29(35)31-30(2,3)4)32(20-23-11-7-5-8-12-23)28(34)21-33(40(36,37)25-13-9-6-10-14-25)24-15-16-26-27(19-24)39-18-17-38-26/h5-16,19,22H,17-18,20-21H2,1-4H3,(H,31,35)/t22-/m0/s1. The Hall–Kier alpha value is -4.05. The third-order valence-corrected chi connectivity index (χ3v) is 8.07. The van der Waals surface area contributed by atoms with Crippen LogP contribution < -0.4 is 19.1 Å². The van der Waals surface area contributed by atoms with Gasteiger partial charge in [0.1, 0.15) is 25.8 Å². The molecule has 0 aliphatic carbocycles. The van der Waals surface area contributed by atoms with E-state index in [0.717, 1.165) is 9.87 Å². The molecule has 4 rings (SSSR count). The molecule has 2 amide bonds. The minimum absolute atomic E-state index is 0.0332. The summed E-state index contributed by atoms with van der Waals surface area (Å²) in [6, 6.07) is 21.1. The third-order valence-electron chi connectivity index (χ3n) is 6.29. The Morgan fingerprint density at radius 1 is 0.900 bits per heavy atom. The van der Waals surface area contributed by atoms with Crippen molar-refractivity contribution in [2.24, 2.45) is 0 Å². The van der Waals surface area contributed by atoms with E-state index >= 15 is 0 Å². The van der Waals surface area contributed by atoms with E-state index in [1.807, 2.05) is 51.1 Å². The number of nitrogens with zero attached hydrogens (tertiary/aromatic N) is 2. The molecule has 1 aliphatic heterocycles. The molecular formula is C30H35N3O6S. The number of ether oxygens (including phenoxy) is 2. The van der Waals surface area contributed by atoms with Crippen LogP contribution in [-0.2, 0) is 26.2 Å². The van der Waals surface area contributed by atoms with Gasteiger partial charge >= 0.3 is 0 Å². The Morgan fingerprint density at radius 2 is 1.50 bits per heavy atom. The molecule has 10 heteroatoms. The summed E-state index contributed by atoms with van der Waals surface area (Å²) in [5.74, 6) is 0.0171. The van der Waals surface area contributed by atoms with Crippen molar-refractivity contribution in [3.05, 3.63) is 84.4 Å². The summed E-state index contributed by atoms with van der Waals surface area (Å²) >= 11 is 0. The van der Waals surface area contributed by atoms with E-state index in [2.05, 4.69) is 5.32 Å². The SMILES string of the molecule is C[C@@H](C(=O)NC(C)(C)C)N(Cc1ccccc1)C(=O)CN(c1ccc2c(c1)OCCO2)S(=O)(=O)c1ccccc1. The van der Waals surface area contributed by atoms with E-state index in [0.29, 0.717) is 24.7 Å². The Bertz CT molecular complexity index is 1440. The van der Waals surface area contributed by atoms with Gasteiger partial charge < -0.3 is 19.7 Å². The second-order valence-electron chi connectivity index (χ2n) is 10.6. The molecule has 3 aromatic rings. The number of carbonyl (C=O) groups excluding carboxylic acids is 2. The highest BCUT2D eigenvalue weighted by Crippen LogP contribution is 2.36. The van der Waals surface area contributed by atoms with Crippen molar-refractivity contribution >= 4 is 27.5 Å². The third kappa shape index (κ3) is 6.93. The predicted molar refractivity (Wildman–Crippen MR) is 153 cm³/mol. The Kier molecular flexibility index (Phi) is 8.68. The summed E-state index contributed by atoms with van der Waals surface area (Å²) in [5, 5.41) is 2.92. The zero-order valence-corrected chi connectivity index (χ0v) is 24.0. The van der Waals surface area contributed by atoms with E-state index in [9.17, 15) is 18.0 Å². The second-order valence-corrected chi connectivity index (χ2v) is 12.4. The van der Waals surface area contributed by atoms with E-state index in [-0.39, 0.29) is 23.0 Å². The van der Waals surface area contributed by atoms with Gasteiger partial charge in [-0.15, -0.1) is 0 Å². The lowest BCUT2D eigenvalue weighted by Crippen LogP contribution is -2.54. The fourth-order valence-corrected chi connectivity index (χ4v) is 5.70. The second kappa shape index (κ2) is 12.0. The molecule has 0 fully saturated rings. The first-order valence-corrected chi connectivity index (χ1v) is 14.5. The lowest BCUT2D eigenvalue weighted by molar-refractivity contribution is -0.140. The molecular weight excluding hydrogens is 530 g/mol. The topological polar surface area (TPSA) is 105 Å². The number of anilines is 1. The number of nitrogens with one attached hydrogen (secondary N) is 1. The van der Waals surface area contributed by atoms with Gasteiger partial charge in [-0.3, -0.25) is 13.9 Å². The first kappa shape index (κ1) is 28.9. The van der Waals surface area contributed by atoms with Crippen LogP contribution in [0.3, 0.4) is 0 Å². The molecule has 1 atom stereocenters. The monoisotopic (exact) mass is 565 g/mol. The highest BCUT2D eigenvalue weighted by molar-refractivity contribution is 7.92. The molecule has 3 aromatic carbocycles. The summed E-state index contributed by atoms with van der Waals surface area (Å²) in [5.41, 5.74) is 0.539. The van der Waals surface area contributed by atoms with Gasteiger partial charge in [-0.1, -0.05) is 48.5 Å². The first-order chi connectivity index (χ1) is 19.0. The van der Waals surface area contributed by atoms with Crippen molar-refractivity contribution in [1.82, 2.24) is 10.2 Å². The Balaban J connectivity index is 1.73. The van der Waals surface area contributed by atoms with Crippen molar-refractivity contribution in [2.75, 3.05) is 24.1 Å². The van der Waals surface area contributed by atoms with Crippen LogP contribution in [0.15, 0.2) is 83.8 Å². The lowest BCUT2D eigenvalue weighted by Gasteiger charge is -2.33. The van der Waals surface area contributed by atoms with Crippen molar-refractivity contribution in [3.8, 4) is 11.5 Å². The summed E-state index contributed by atoms with van der Waals surface area (Å²) < 4.78 is 40.2. The Labute approximate surface area is 235 Å². The molecule has 1 aliphatic rings. The van der Waals surface area contributed by atoms with Crippen molar-refractivity contribution in [3.63, 3.8) is 0 Å². The number of sulfonamides is 1. The maximum atomic E-state index is 14.0. The van der Waals surface area contributed by atoms with E-state index in [1.54, 1.807) is 43.3 Å². The number of amides is 2. The molecule has 0 spiro atoms. The number of hydrogen-bond acceptors (Lipinski definition) is 6. The van der Waals surface area contributed by atoms with E-state index < -0.39 is 34.1 Å². The van der Waals surface area contributed by atoms with Crippen LogP contribution in [0.2, 0.25) is 0 Å². The molecule has 0 aromatic heterocycles. The summed E-state index contributed by atoms with van der Waals surface area (Å²) in [6.07, 6.45) is 0. The van der Waals surface area contributed by atoms with E-state index in [4.69, 9.17) is 9.47 Å². The van der Waals surface area contributed by atoms with Crippen molar-refractivity contribution < 1.29 is 27.5 Å². The first-order valence-electron chi connectivity index (χ1n) is 13.1. The van der Waals surface area contributed by atoms with Gasteiger partial charge in [0.25, 0.3) is 10.0 Å². The van der Waals surface area contributed by atoms with Gasteiger partial charge in [0.2, 0.25) is 11.8 Å². The normalized spacial score (nSPS) is 13.7. The van der Waals surface area contributed by atoms with Gasteiger partial charge in [-0.05, 0) is 57.5 Å². The number of benzene rings is 3. The largest absolute Gasteiger partial charge is 0.486 e. The molecule has 0 saturated heterocycles. The minimum atomic E-state index is -4.17. The highest BCUT2D eigenvalue weighted by atomic mass is 32.2. The number of rotatable bonds is 9. The fraction of sp³-hybridized carbons (Fsp3) is 0.333. The molecule has 1 heterocycles. The molecule has 0 bridgehead atoms. The number of hydrogen-bond donors (Lipinski definition) is 1. The smallest absolute Gasteiger partial charge is 0.264 e. The van der Waals surface area contributed by atoms with Gasteiger partial charge in [-0.2, -0.15) is 0 Å². The highest BCUT2D eigenvalue weighted by Gasteiger charge is 2.34. The molecule has 0 unspecified atom stereocenters. The molecule has 212 valence electrons. The van der Waals surface area contributed by atoms with E-state index in [1.165, 1.54) is 17.0 Å². The Morgan fingerprint density at radius 3 is 2.12 bits per heavy atom. The lowest BCUT2D eigenvalue weighted by atomic mass is 10.1. The summed E-state index contributed by atoms with van der Waals surface area (Å²) in [7, 11) is -4.17. The number of carbonyl (C=O) groups is 2. The maximum absolute atomic E-state index is 14.0. The van der Waals surface area contributed by atoms with Gasteiger partial charge in [0, 0.05) is 18.2 Å². The van der Waals surface area contributed by atoms with Crippen LogP contribution in [0.1, 0.15) is 33.3 Å². The van der Waals surface area contributed by atoms with Gasteiger partial charge in [-0.25, -0.2) is 8.42 Å². The van der Waals surface area contributed by atoms with Crippen LogP contribution in [-0.4, -0.2) is 56.5 Å². The van der Waals surface area contributed by atoms with Crippen LogP contribution >= 0.6 is 0 Å². The maximum Gasteiger partial charge on any atom is 0.264 e. The average molecular weight is 566 g/mol. The van der Waals surface area contributed by atoms with Gasteiger partial charge in [0.05, 0.1) is 10.6 Å². The van der Waals surface area contributed by atoms with Crippen LogP contribution in [0.4, 0.5) is 5.69 Å². The summed E-state index contributed by atoms with van der Waals surface area (Å²) in [6.45, 7) is 7.52. The molecule has 1 N–H and O–H groups in total. The summed E-state index contributed by atoms with van der Waals surface area (Å²) in [4.78, 5) is 28.6. The zero-order valence-electron chi connectivity index (χ0n) is 23.2. The van der Waals surface area contributed by atoms with Crippen molar-refractivity contribution in [1.29, 1.82) is 0 Å². The molecule has 9 nitrogen and oxygen atoms in total. The number of fused-ring (bicyclic) bond motifs is 1. The molecule has 0 radical (unpaired) electrons. The quantitative estimate of drug-likeness (QED) is 0.421. The van der Waals surface area contributed by atoms with Crippen LogP contribution in [0.25, 0.3) is 0 Å². The minimum Gasteiger partial charge on any atom is -0.486 e. The average Bonchev–Trinajstić information content (AvgIpc) is 2.94. The van der Waals surface area contributed by atoms with Gasteiger partial charge in [0.15, 0.2) is 11.5 Å². The van der Waals surface area contributed by atoms with Crippen LogP contribution in [0, 0.1) is 0 Å². The predicted octanol–water partition coefficient (Wildman–Crippen LogP) is 3.99. The fourth-order valence-electron chi connectivity index (χ4n) is 4.27. The van der Waals surface area contributed by atoms with Crippen LogP contribution in [0.5, 0.6) is 11.5 Å². The molecule has 0 saturated carbocycles.